The van der Waals surface area contributed by atoms with Crippen molar-refractivity contribution in [1.29, 1.82) is 0 Å². The molecule has 1 saturated carbocycles. The minimum atomic E-state index is 0.248. The molecule has 17 heavy (non-hydrogen) atoms. The molecule has 1 aliphatic rings. The monoisotopic (exact) mass is 270 g/mol. The second kappa shape index (κ2) is 6.24. The maximum Gasteiger partial charge on any atom is 0.0624 e. The fourth-order valence-corrected chi connectivity index (χ4v) is 4.47. The largest absolute Gasteiger partial charge is 0.146 e. The summed E-state index contributed by atoms with van der Waals surface area (Å²) in [6.07, 6.45) is 9.62. The first-order valence-corrected chi connectivity index (χ1v) is 8.15. The molecule has 2 rings (SSSR count). The molecular weight excluding hydrogens is 248 g/mol. The van der Waals surface area contributed by atoms with E-state index in [0.717, 1.165) is 0 Å². The van der Waals surface area contributed by atoms with Gasteiger partial charge in [0, 0.05) is 9.75 Å². The fourth-order valence-electron chi connectivity index (χ4n) is 2.96. The number of hydrogen-bond acceptors (Lipinski definition) is 1. The summed E-state index contributed by atoms with van der Waals surface area (Å²) in [6, 6.07) is 2.30. The van der Waals surface area contributed by atoms with E-state index < -0.39 is 0 Å². The second-order valence-electron chi connectivity index (χ2n) is 5.38. The van der Waals surface area contributed by atoms with Crippen LogP contribution in [0, 0.1) is 19.8 Å². The van der Waals surface area contributed by atoms with Gasteiger partial charge in [0.1, 0.15) is 0 Å². The van der Waals surface area contributed by atoms with Gasteiger partial charge in [0.2, 0.25) is 0 Å². The van der Waals surface area contributed by atoms with Gasteiger partial charge >= 0.3 is 0 Å². The predicted octanol–water partition coefficient (Wildman–Crippen LogP) is 6.01. The van der Waals surface area contributed by atoms with Gasteiger partial charge < -0.3 is 0 Å². The van der Waals surface area contributed by atoms with Gasteiger partial charge in [-0.05, 0) is 44.2 Å². The normalized spacial score (nSPS) is 20.9. The van der Waals surface area contributed by atoms with Gasteiger partial charge in [0.05, 0.1) is 5.38 Å². The standard InChI is InChI=1S/C15H23ClS/c1-11-10-14(12(2)17-11)15(16)13-8-6-4-3-5-7-9-13/h10,13,15H,3-9H2,1-2H3. The van der Waals surface area contributed by atoms with E-state index in [1.54, 1.807) is 0 Å². The van der Waals surface area contributed by atoms with E-state index >= 15 is 0 Å². The summed E-state index contributed by atoms with van der Waals surface area (Å²) in [7, 11) is 0. The highest BCUT2D eigenvalue weighted by Gasteiger charge is 2.23. The van der Waals surface area contributed by atoms with Gasteiger partial charge in [-0.25, -0.2) is 0 Å². The number of thiophene rings is 1. The lowest BCUT2D eigenvalue weighted by molar-refractivity contribution is 0.368. The van der Waals surface area contributed by atoms with Crippen LogP contribution in [0.5, 0.6) is 0 Å². The summed E-state index contributed by atoms with van der Waals surface area (Å²) in [5.41, 5.74) is 1.40. The maximum absolute atomic E-state index is 6.74. The third-order valence-electron chi connectivity index (χ3n) is 3.94. The molecule has 1 heterocycles. The minimum Gasteiger partial charge on any atom is -0.146 e. The number of aryl methyl sites for hydroxylation is 2. The molecular formula is C15H23ClS. The van der Waals surface area contributed by atoms with Gasteiger partial charge in [-0.1, -0.05) is 32.1 Å². The fraction of sp³-hybridized carbons (Fsp3) is 0.733. The highest BCUT2D eigenvalue weighted by atomic mass is 35.5. The van der Waals surface area contributed by atoms with Crippen molar-refractivity contribution in [2.75, 3.05) is 0 Å². The van der Waals surface area contributed by atoms with Crippen molar-refractivity contribution in [2.45, 2.75) is 64.2 Å². The first kappa shape index (κ1) is 13.4. The molecule has 96 valence electrons. The number of hydrogen-bond donors (Lipinski definition) is 0. The highest BCUT2D eigenvalue weighted by molar-refractivity contribution is 7.12. The third kappa shape index (κ3) is 3.48. The second-order valence-corrected chi connectivity index (χ2v) is 7.31. The van der Waals surface area contributed by atoms with Crippen molar-refractivity contribution in [3.8, 4) is 0 Å². The molecule has 0 radical (unpaired) electrons. The molecule has 0 amide bonds. The highest BCUT2D eigenvalue weighted by Crippen LogP contribution is 2.40. The van der Waals surface area contributed by atoms with Crippen LogP contribution >= 0.6 is 22.9 Å². The average Bonchev–Trinajstić information content (AvgIpc) is 2.56. The molecule has 1 aromatic rings. The average molecular weight is 271 g/mol. The van der Waals surface area contributed by atoms with E-state index in [0.29, 0.717) is 5.92 Å². The lowest BCUT2D eigenvalue weighted by Crippen LogP contribution is -2.10. The minimum absolute atomic E-state index is 0.248. The predicted molar refractivity (Wildman–Crippen MR) is 78.2 cm³/mol. The van der Waals surface area contributed by atoms with E-state index in [1.165, 1.54) is 60.3 Å². The molecule has 1 unspecified atom stereocenters. The molecule has 1 aliphatic carbocycles. The Bertz CT molecular complexity index is 348. The van der Waals surface area contributed by atoms with Crippen molar-refractivity contribution in [3.63, 3.8) is 0 Å². The van der Waals surface area contributed by atoms with Gasteiger partial charge in [-0.2, -0.15) is 0 Å². The molecule has 0 aliphatic heterocycles. The van der Waals surface area contributed by atoms with Gasteiger partial charge in [0.25, 0.3) is 0 Å². The number of rotatable bonds is 2. The van der Waals surface area contributed by atoms with Gasteiger partial charge in [0.15, 0.2) is 0 Å². The maximum atomic E-state index is 6.74. The summed E-state index contributed by atoms with van der Waals surface area (Å²) in [5.74, 6) is 0.699. The lowest BCUT2D eigenvalue weighted by Gasteiger charge is -2.24. The van der Waals surface area contributed by atoms with E-state index in [2.05, 4.69) is 19.9 Å². The molecule has 0 aromatic carbocycles. The Labute approximate surface area is 114 Å². The van der Waals surface area contributed by atoms with Crippen LogP contribution in [0.4, 0.5) is 0 Å². The topological polar surface area (TPSA) is 0 Å². The van der Waals surface area contributed by atoms with Crippen molar-refractivity contribution in [2.24, 2.45) is 5.92 Å². The van der Waals surface area contributed by atoms with Crippen LogP contribution < -0.4 is 0 Å². The molecule has 0 nitrogen and oxygen atoms in total. The zero-order valence-electron chi connectivity index (χ0n) is 11.0. The Morgan fingerprint density at radius 3 is 2.24 bits per heavy atom. The molecule has 0 bridgehead atoms. The summed E-state index contributed by atoms with van der Waals surface area (Å²) in [6.45, 7) is 4.40. The van der Waals surface area contributed by atoms with E-state index in [1.807, 2.05) is 11.3 Å². The van der Waals surface area contributed by atoms with Crippen molar-refractivity contribution < 1.29 is 0 Å². The Kier molecular flexibility index (Phi) is 4.93. The van der Waals surface area contributed by atoms with Gasteiger partial charge in [-0.3, -0.25) is 0 Å². The van der Waals surface area contributed by atoms with Crippen LogP contribution in [0.3, 0.4) is 0 Å². The van der Waals surface area contributed by atoms with Crippen LogP contribution in [0.2, 0.25) is 0 Å². The molecule has 0 saturated heterocycles. The SMILES string of the molecule is Cc1cc(C(Cl)C2CCCCCCC2)c(C)s1. The van der Waals surface area contributed by atoms with E-state index in [-0.39, 0.29) is 5.38 Å². The summed E-state index contributed by atoms with van der Waals surface area (Å²) < 4.78 is 0. The molecule has 0 spiro atoms. The molecule has 2 heteroatoms. The number of alkyl halides is 1. The first-order chi connectivity index (χ1) is 8.18. The Morgan fingerprint density at radius 2 is 1.71 bits per heavy atom. The zero-order chi connectivity index (χ0) is 12.3. The van der Waals surface area contributed by atoms with Crippen molar-refractivity contribution >= 4 is 22.9 Å². The van der Waals surface area contributed by atoms with Crippen molar-refractivity contribution in [1.82, 2.24) is 0 Å². The Balaban J connectivity index is 2.06. The van der Waals surface area contributed by atoms with Crippen LogP contribution in [-0.2, 0) is 0 Å². The third-order valence-corrected chi connectivity index (χ3v) is 5.51. The molecule has 1 aromatic heterocycles. The first-order valence-electron chi connectivity index (χ1n) is 6.89. The van der Waals surface area contributed by atoms with Crippen LogP contribution in [-0.4, -0.2) is 0 Å². The quantitative estimate of drug-likeness (QED) is 0.578. The smallest absolute Gasteiger partial charge is 0.0624 e. The number of halogens is 1. The van der Waals surface area contributed by atoms with Crippen LogP contribution in [0.1, 0.15) is 65.6 Å². The zero-order valence-corrected chi connectivity index (χ0v) is 12.5. The summed E-state index contributed by atoms with van der Waals surface area (Å²) >= 11 is 8.62. The molecule has 1 atom stereocenters. The molecule has 1 fully saturated rings. The van der Waals surface area contributed by atoms with E-state index in [9.17, 15) is 0 Å². The van der Waals surface area contributed by atoms with Crippen molar-refractivity contribution in [3.05, 3.63) is 21.4 Å². The van der Waals surface area contributed by atoms with E-state index in [4.69, 9.17) is 11.6 Å². The Morgan fingerprint density at radius 1 is 1.12 bits per heavy atom. The Hall–Kier alpha value is -0.0100. The summed E-state index contributed by atoms with van der Waals surface area (Å²) in [4.78, 5) is 2.82. The van der Waals surface area contributed by atoms with Gasteiger partial charge in [-0.15, -0.1) is 22.9 Å². The summed E-state index contributed by atoms with van der Waals surface area (Å²) in [5, 5.41) is 0.248. The lowest BCUT2D eigenvalue weighted by atomic mass is 9.86. The van der Waals surface area contributed by atoms with Crippen LogP contribution in [0.15, 0.2) is 6.07 Å². The van der Waals surface area contributed by atoms with Crippen LogP contribution in [0.25, 0.3) is 0 Å². The molecule has 0 N–H and O–H groups in total.